The molecule has 1 fully saturated rings. The van der Waals surface area contributed by atoms with Gasteiger partial charge in [-0.05, 0) is 37.8 Å². The number of nitrogens with zero attached hydrogens (tertiary/aromatic N) is 4. The number of hydrogen-bond acceptors (Lipinski definition) is 5. The zero-order chi connectivity index (χ0) is 20.4. The number of aromatic amines is 1. The maximum absolute atomic E-state index is 12.8. The van der Waals surface area contributed by atoms with E-state index in [1.807, 2.05) is 11.8 Å². The first-order valence-electron chi connectivity index (χ1n) is 10.2. The van der Waals surface area contributed by atoms with E-state index >= 15 is 0 Å². The van der Waals surface area contributed by atoms with Crippen LogP contribution in [0.1, 0.15) is 66.1 Å². The second-order valence-corrected chi connectivity index (χ2v) is 7.55. The fraction of sp³-hybridized carbons (Fsp3) is 0.476. The van der Waals surface area contributed by atoms with Gasteiger partial charge >= 0.3 is 0 Å². The highest BCUT2D eigenvalue weighted by atomic mass is 16.2. The van der Waals surface area contributed by atoms with Crippen LogP contribution in [0.5, 0.6) is 0 Å². The molecule has 2 aromatic heterocycles. The maximum atomic E-state index is 12.8. The van der Waals surface area contributed by atoms with Crippen LogP contribution >= 0.6 is 0 Å². The number of amides is 2. The van der Waals surface area contributed by atoms with Crippen LogP contribution in [0, 0.1) is 0 Å². The number of fused-ring (bicyclic) bond motifs is 1. The molecule has 29 heavy (non-hydrogen) atoms. The van der Waals surface area contributed by atoms with Crippen LogP contribution in [0.3, 0.4) is 0 Å². The normalized spacial score (nSPS) is 19.0. The molecule has 2 amide bonds. The van der Waals surface area contributed by atoms with E-state index in [9.17, 15) is 14.4 Å². The molecule has 0 bridgehead atoms. The van der Waals surface area contributed by atoms with Crippen LogP contribution in [0.4, 0.5) is 0 Å². The predicted octanol–water partition coefficient (Wildman–Crippen LogP) is 1.83. The molecule has 2 aliphatic heterocycles. The number of likely N-dealkylation sites (tertiary alicyclic amines) is 1. The maximum Gasteiger partial charge on any atom is 0.255 e. The topological polar surface area (TPSA) is 99.3 Å². The Morgan fingerprint density at radius 3 is 2.90 bits per heavy atom. The average Bonchev–Trinajstić information content (AvgIpc) is 2.78. The lowest BCUT2D eigenvalue weighted by Gasteiger charge is -2.35. The van der Waals surface area contributed by atoms with Gasteiger partial charge in [-0.1, -0.05) is 6.92 Å². The van der Waals surface area contributed by atoms with Gasteiger partial charge < -0.3 is 14.8 Å². The second-order valence-electron chi connectivity index (χ2n) is 7.55. The zero-order valence-corrected chi connectivity index (χ0v) is 16.6. The zero-order valence-electron chi connectivity index (χ0n) is 16.6. The quantitative estimate of drug-likeness (QED) is 0.855. The lowest BCUT2D eigenvalue weighted by molar-refractivity contribution is -0.134. The molecule has 8 heteroatoms. The molecule has 4 rings (SSSR count). The van der Waals surface area contributed by atoms with E-state index in [1.54, 1.807) is 29.4 Å². The van der Waals surface area contributed by atoms with E-state index in [4.69, 9.17) is 4.98 Å². The summed E-state index contributed by atoms with van der Waals surface area (Å²) in [5.41, 5.74) is 1.62. The number of nitrogens with one attached hydrogen (secondary N) is 1. The van der Waals surface area contributed by atoms with Gasteiger partial charge in [0.05, 0.1) is 23.8 Å². The van der Waals surface area contributed by atoms with Gasteiger partial charge in [-0.25, -0.2) is 4.98 Å². The van der Waals surface area contributed by atoms with Gasteiger partial charge in [-0.3, -0.25) is 19.4 Å². The Hall–Kier alpha value is -3.03. The van der Waals surface area contributed by atoms with E-state index in [2.05, 4.69) is 9.97 Å². The lowest BCUT2D eigenvalue weighted by atomic mass is 9.99. The van der Waals surface area contributed by atoms with E-state index < -0.39 is 0 Å². The fourth-order valence-corrected chi connectivity index (χ4v) is 4.18. The molecule has 0 saturated carbocycles. The molecule has 1 saturated heterocycles. The molecular weight excluding hydrogens is 370 g/mol. The second kappa shape index (κ2) is 8.14. The van der Waals surface area contributed by atoms with Crippen molar-refractivity contribution in [3.63, 3.8) is 0 Å². The summed E-state index contributed by atoms with van der Waals surface area (Å²) in [6.07, 6.45) is 6.81. The van der Waals surface area contributed by atoms with Crippen molar-refractivity contribution < 1.29 is 9.59 Å². The number of carbonyl (C=O) groups is 2. The van der Waals surface area contributed by atoms with Gasteiger partial charge in [0.1, 0.15) is 5.82 Å². The van der Waals surface area contributed by atoms with Crippen molar-refractivity contribution in [3.8, 4) is 0 Å². The summed E-state index contributed by atoms with van der Waals surface area (Å²) in [5.74, 6) is 0.488. The van der Waals surface area contributed by atoms with Crippen LogP contribution in [-0.2, 0) is 17.8 Å². The van der Waals surface area contributed by atoms with Crippen molar-refractivity contribution in [2.75, 3.05) is 13.1 Å². The number of hydrogen-bond donors (Lipinski definition) is 1. The van der Waals surface area contributed by atoms with Crippen LogP contribution in [-0.4, -0.2) is 49.7 Å². The number of carbonyl (C=O) groups excluding carboxylic acids is 2. The van der Waals surface area contributed by atoms with Crippen LogP contribution in [0.15, 0.2) is 29.3 Å². The summed E-state index contributed by atoms with van der Waals surface area (Å²) in [7, 11) is 0. The SMILES string of the molecule is CCC(=O)N1CCCC[C@H]1c1nc2c(c(=O)[nH]1)CCN(C(=O)c1cccnc1)C2. The molecule has 1 atom stereocenters. The van der Waals surface area contributed by atoms with Crippen LogP contribution < -0.4 is 5.56 Å². The largest absolute Gasteiger partial charge is 0.333 e. The minimum Gasteiger partial charge on any atom is -0.333 e. The smallest absolute Gasteiger partial charge is 0.255 e. The first-order valence-corrected chi connectivity index (χ1v) is 10.2. The molecule has 0 radical (unpaired) electrons. The Morgan fingerprint density at radius 2 is 2.14 bits per heavy atom. The average molecular weight is 395 g/mol. The minimum atomic E-state index is -0.210. The number of H-pyrrole nitrogens is 1. The van der Waals surface area contributed by atoms with E-state index in [0.29, 0.717) is 48.6 Å². The summed E-state index contributed by atoms with van der Waals surface area (Å²) < 4.78 is 0. The summed E-state index contributed by atoms with van der Waals surface area (Å²) in [6.45, 7) is 3.28. The molecule has 0 aromatic carbocycles. The highest BCUT2D eigenvalue weighted by molar-refractivity contribution is 5.94. The first-order chi connectivity index (χ1) is 14.1. The minimum absolute atomic E-state index is 0.0726. The molecule has 4 heterocycles. The molecule has 1 N–H and O–H groups in total. The van der Waals surface area contributed by atoms with E-state index in [-0.39, 0.29) is 30.0 Å². The third kappa shape index (κ3) is 3.79. The van der Waals surface area contributed by atoms with Gasteiger partial charge in [0.15, 0.2) is 0 Å². The molecule has 0 unspecified atom stereocenters. The summed E-state index contributed by atoms with van der Waals surface area (Å²) in [6, 6.07) is 3.26. The summed E-state index contributed by atoms with van der Waals surface area (Å²) >= 11 is 0. The van der Waals surface area contributed by atoms with Gasteiger partial charge in [0.2, 0.25) is 5.91 Å². The number of rotatable bonds is 3. The van der Waals surface area contributed by atoms with Gasteiger partial charge in [-0.2, -0.15) is 0 Å². The number of aromatic nitrogens is 3. The van der Waals surface area contributed by atoms with Gasteiger partial charge in [0, 0.05) is 37.5 Å². The van der Waals surface area contributed by atoms with Crippen molar-refractivity contribution in [2.24, 2.45) is 0 Å². The van der Waals surface area contributed by atoms with Crippen LogP contribution in [0.25, 0.3) is 0 Å². The third-order valence-corrected chi connectivity index (χ3v) is 5.73. The molecule has 0 spiro atoms. The number of pyridine rings is 1. The first kappa shape index (κ1) is 19.3. The molecule has 8 nitrogen and oxygen atoms in total. The summed E-state index contributed by atoms with van der Waals surface area (Å²) in [4.78, 5) is 53.0. The Balaban J connectivity index is 1.63. The van der Waals surface area contributed by atoms with Gasteiger partial charge in [-0.15, -0.1) is 0 Å². The highest BCUT2D eigenvalue weighted by Gasteiger charge is 2.31. The molecule has 0 aliphatic carbocycles. The van der Waals surface area contributed by atoms with E-state index in [1.165, 1.54) is 0 Å². The molecule has 2 aromatic rings. The standard InChI is InChI=1S/C21H25N5O3/c1-2-18(27)26-10-4-3-7-17(26)19-23-16-13-25(11-8-15(16)20(28)24-19)21(29)14-6-5-9-22-12-14/h5-6,9,12,17H,2-4,7-8,10-11,13H2,1H3,(H,23,24,28)/t17-/m0/s1. The predicted molar refractivity (Wildman–Crippen MR) is 106 cm³/mol. The van der Waals surface area contributed by atoms with Crippen LogP contribution in [0.2, 0.25) is 0 Å². The van der Waals surface area contributed by atoms with Gasteiger partial charge in [0.25, 0.3) is 11.5 Å². The Bertz CT molecular complexity index is 972. The molecular formula is C21H25N5O3. The molecule has 152 valence electrons. The van der Waals surface area contributed by atoms with E-state index in [0.717, 1.165) is 19.3 Å². The fourth-order valence-electron chi connectivity index (χ4n) is 4.18. The van der Waals surface area contributed by atoms with Crippen molar-refractivity contribution in [1.82, 2.24) is 24.8 Å². The summed E-state index contributed by atoms with van der Waals surface area (Å²) in [5, 5.41) is 0. The highest BCUT2D eigenvalue weighted by Crippen LogP contribution is 2.30. The van der Waals surface area contributed by atoms with Crippen molar-refractivity contribution in [1.29, 1.82) is 0 Å². The number of piperidine rings is 1. The monoisotopic (exact) mass is 395 g/mol. The lowest BCUT2D eigenvalue weighted by Crippen LogP contribution is -2.42. The van der Waals surface area contributed by atoms with Crippen molar-refractivity contribution in [3.05, 3.63) is 57.5 Å². The molecule has 2 aliphatic rings. The Labute approximate surface area is 169 Å². The Kier molecular flexibility index (Phi) is 5.42. The Morgan fingerprint density at radius 1 is 1.28 bits per heavy atom. The third-order valence-electron chi connectivity index (χ3n) is 5.73. The van der Waals surface area contributed by atoms with Crippen molar-refractivity contribution in [2.45, 2.75) is 51.6 Å². The van der Waals surface area contributed by atoms with Crippen molar-refractivity contribution >= 4 is 11.8 Å².